The molecular weight excluding hydrogens is 404 g/mol. The van der Waals surface area contributed by atoms with E-state index in [1.807, 2.05) is 78.9 Å². The summed E-state index contributed by atoms with van der Waals surface area (Å²) in [5, 5.41) is 15.6. The third-order valence-electron chi connectivity index (χ3n) is 6.20. The van der Waals surface area contributed by atoms with Crippen molar-refractivity contribution in [2.24, 2.45) is 0 Å². The minimum atomic E-state index is -0.435. The van der Waals surface area contributed by atoms with Crippen LogP contribution in [0.25, 0.3) is 0 Å². The van der Waals surface area contributed by atoms with E-state index in [4.69, 9.17) is 4.52 Å². The van der Waals surface area contributed by atoms with Crippen molar-refractivity contribution in [3.05, 3.63) is 128 Å². The lowest BCUT2D eigenvalue weighted by atomic mass is 9.68. The topological polar surface area (TPSA) is 86.2 Å². The molecule has 0 saturated heterocycles. The molecule has 3 aromatic carbocycles. The molecule has 32 heavy (non-hydrogen) atoms. The van der Waals surface area contributed by atoms with Crippen LogP contribution in [0.2, 0.25) is 0 Å². The molecule has 0 fully saturated rings. The van der Waals surface area contributed by atoms with Gasteiger partial charge in [-0.15, -0.1) is 0 Å². The second-order valence-corrected chi connectivity index (χ2v) is 8.00. The summed E-state index contributed by atoms with van der Waals surface area (Å²) in [4.78, 5) is 24.5. The molecule has 1 atom stereocenters. The van der Waals surface area contributed by atoms with Gasteiger partial charge in [0.05, 0.1) is 4.92 Å². The molecule has 1 heterocycles. The molecular formula is C26H20N2O4. The Labute approximate surface area is 184 Å². The van der Waals surface area contributed by atoms with Gasteiger partial charge in [-0.05, 0) is 23.6 Å². The quantitative estimate of drug-likeness (QED) is 0.308. The summed E-state index contributed by atoms with van der Waals surface area (Å²) in [5.74, 6) is -0.126. The van der Waals surface area contributed by atoms with Crippen LogP contribution in [0.15, 0.2) is 83.4 Å². The van der Waals surface area contributed by atoms with Crippen LogP contribution in [0.3, 0.4) is 0 Å². The Balaban J connectivity index is 1.72. The Hall–Kier alpha value is -4.06. The van der Waals surface area contributed by atoms with Crippen LogP contribution < -0.4 is 0 Å². The van der Waals surface area contributed by atoms with Gasteiger partial charge in [-0.1, -0.05) is 84.0 Å². The summed E-state index contributed by atoms with van der Waals surface area (Å²) >= 11 is 0. The highest BCUT2D eigenvalue weighted by molar-refractivity contribution is 6.12. The van der Waals surface area contributed by atoms with Gasteiger partial charge in [0.1, 0.15) is 0 Å². The van der Waals surface area contributed by atoms with Gasteiger partial charge < -0.3 is 4.52 Å². The molecule has 0 spiro atoms. The summed E-state index contributed by atoms with van der Waals surface area (Å²) in [7, 11) is 0. The number of fused-ring (bicyclic) bond motifs is 2. The van der Waals surface area contributed by atoms with E-state index in [0.29, 0.717) is 11.1 Å². The Morgan fingerprint density at radius 1 is 0.938 bits per heavy atom. The van der Waals surface area contributed by atoms with E-state index < -0.39 is 4.92 Å². The van der Waals surface area contributed by atoms with E-state index in [9.17, 15) is 14.9 Å². The van der Waals surface area contributed by atoms with Crippen LogP contribution in [0.4, 0.5) is 5.69 Å². The number of nitrogens with zero attached hydrogens (tertiary/aromatic N) is 2. The summed E-state index contributed by atoms with van der Waals surface area (Å²) in [6.45, 7) is 1.58. The van der Waals surface area contributed by atoms with E-state index in [1.54, 1.807) is 6.92 Å². The number of ketones is 1. The van der Waals surface area contributed by atoms with Crippen molar-refractivity contribution in [1.29, 1.82) is 0 Å². The van der Waals surface area contributed by atoms with Crippen LogP contribution in [-0.2, 0) is 6.42 Å². The molecule has 0 N–H and O–H groups in total. The minimum absolute atomic E-state index is 0.000696. The molecule has 158 valence electrons. The lowest BCUT2D eigenvalue weighted by Gasteiger charge is -2.33. The van der Waals surface area contributed by atoms with Crippen molar-refractivity contribution in [2.45, 2.75) is 25.2 Å². The number of aryl methyl sites for hydroxylation is 1. The monoisotopic (exact) mass is 424 g/mol. The van der Waals surface area contributed by atoms with Crippen LogP contribution >= 0.6 is 0 Å². The number of hydrogen-bond donors (Lipinski definition) is 0. The fourth-order valence-corrected chi connectivity index (χ4v) is 4.80. The zero-order valence-corrected chi connectivity index (χ0v) is 17.4. The SMILES string of the molecule is Cc1noc(CC(c2ccccc2)C2c3ccccc3C(=O)c3ccccc32)c1[N+](=O)[O-]. The Morgan fingerprint density at radius 3 is 2.09 bits per heavy atom. The largest absolute Gasteiger partial charge is 0.354 e. The van der Waals surface area contributed by atoms with Gasteiger partial charge >= 0.3 is 5.69 Å². The second kappa shape index (κ2) is 7.89. The Kier molecular flexibility index (Phi) is 4.90. The van der Waals surface area contributed by atoms with Crippen LogP contribution in [-0.4, -0.2) is 15.9 Å². The highest BCUT2D eigenvalue weighted by Gasteiger charge is 2.38. The van der Waals surface area contributed by atoms with Gasteiger partial charge in [0, 0.05) is 29.4 Å². The average molecular weight is 424 g/mol. The molecule has 6 heteroatoms. The lowest BCUT2D eigenvalue weighted by molar-refractivity contribution is -0.386. The maximum atomic E-state index is 13.2. The third-order valence-corrected chi connectivity index (χ3v) is 6.20. The number of benzene rings is 3. The summed E-state index contributed by atoms with van der Waals surface area (Å²) in [6, 6.07) is 25.1. The number of aromatic nitrogens is 1. The Bertz CT molecular complexity index is 1280. The zero-order valence-electron chi connectivity index (χ0n) is 17.4. The van der Waals surface area contributed by atoms with Crippen molar-refractivity contribution in [1.82, 2.24) is 5.16 Å². The Morgan fingerprint density at radius 2 is 1.50 bits per heavy atom. The smallest absolute Gasteiger partial charge is 0.334 e. The molecule has 1 aromatic heterocycles. The molecule has 4 aromatic rings. The highest BCUT2D eigenvalue weighted by Crippen LogP contribution is 2.47. The fourth-order valence-electron chi connectivity index (χ4n) is 4.80. The molecule has 1 unspecified atom stereocenters. The van der Waals surface area contributed by atoms with Gasteiger partial charge in [0.2, 0.25) is 5.76 Å². The summed E-state index contributed by atoms with van der Waals surface area (Å²) in [6.07, 6.45) is 0.280. The number of hydrogen-bond acceptors (Lipinski definition) is 5. The van der Waals surface area contributed by atoms with Crippen molar-refractivity contribution in [2.75, 3.05) is 0 Å². The van der Waals surface area contributed by atoms with Crippen molar-refractivity contribution in [3.63, 3.8) is 0 Å². The van der Waals surface area contributed by atoms with E-state index in [-0.39, 0.29) is 41.2 Å². The van der Waals surface area contributed by atoms with Gasteiger partial charge in [0.15, 0.2) is 11.5 Å². The van der Waals surface area contributed by atoms with E-state index in [0.717, 1.165) is 16.7 Å². The van der Waals surface area contributed by atoms with Crippen molar-refractivity contribution < 1.29 is 14.2 Å². The average Bonchev–Trinajstić information content (AvgIpc) is 3.19. The number of carbonyl (C=O) groups is 1. The highest BCUT2D eigenvalue weighted by atomic mass is 16.6. The molecule has 0 radical (unpaired) electrons. The van der Waals surface area contributed by atoms with Crippen LogP contribution in [0.1, 0.15) is 55.9 Å². The minimum Gasteiger partial charge on any atom is -0.354 e. The van der Waals surface area contributed by atoms with E-state index in [1.165, 1.54) is 0 Å². The third kappa shape index (κ3) is 3.21. The predicted molar refractivity (Wildman–Crippen MR) is 119 cm³/mol. The maximum absolute atomic E-state index is 13.2. The maximum Gasteiger partial charge on any atom is 0.334 e. The fraction of sp³-hybridized carbons (Fsp3) is 0.154. The van der Waals surface area contributed by atoms with Crippen molar-refractivity contribution >= 4 is 11.5 Å². The molecule has 1 aliphatic rings. The summed E-state index contributed by atoms with van der Waals surface area (Å²) in [5.41, 5.74) is 4.37. The molecule has 0 aliphatic heterocycles. The molecule has 0 bridgehead atoms. The second-order valence-electron chi connectivity index (χ2n) is 8.00. The van der Waals surface area contributed by atoms with Crippen LogP contribution in [0.5, 0.6) is 0 Å². The normalized spacial score (nSPS) is 14.0. The molecule has 0 amide bonds. The molecule has 6 nitrogen and oxygen atoms in total. The first kappa shape index (κ1) is 19.9. The van der Waals surface area contributed by atoms with E-state index in [2.05, 4.69) is 5.16 Å². The van der Waals surface area contributed by atoms with Crippen LogP contribution in [0, 0.1) is 17.0 Å². The van der Waals surface area contributed by atoms with Gasteiger partial charge in [-0.3, -0.25) is 14.9 Å². The first-order chi connectivity index (χ1) is 15.6. The van der Waals surface area contributed by atoms with Gasteiger partial charge in [-0.2, -0.15) is 0 Å². The predicted octanol–water partition coefficient (Wildman–Crippen LogP) is 5.59. The zero-order chi connectivity index (χ0) is 22.2. The van der Waals surface area contributed by atoms with Gasteiger partial charge in [-0.25, -0.2) is 0 Å². The molecule has 5 rings (SSSR count). The first-order valence-electron chi connectivity index (χ1n) is 10.4. The first-order valence-corrected chi connectivity index (χ1v) is 10.4. The van der Waals surface area contributed by atoms with Crippen molar-refractivity contribution in [3.8, 4) is 0 Å². The van der Waals surface area contributed by atoms with Gasteiger partial charge in [0.25, 0.3) is 0 Å². The summed E-state index contributed by atoms with van der Waals surface area (Å²) < 4.78 is 5.44. The van der Waals surface area contributed by atoms with E-state index >= 15 is 0 Å². The number of nitro groups is 1. The molecule has 1 aliphatic carbocycles. The number of rotatable bonds is 5. The standard InChI is InChI=1S/C26H20N2O4/c1-16-25(28(30)31)23(32-27-16)15-22(17-9-3-2-4-10-17)24-18-11-5-7-13-20(18)26(29)21-14-8-6-12-19(21)24/h2-14,22,24H,15H2,1H3. The number of carbonyl (C=O) groups excluding carboxylic acids is 1. The lowest BCUT2D eigenvalue weighted by Crippen LogP contribution is -2.25. The molecule has 0 saturated carbocycles.